The summed E-state index contributed by atoms with van der Waals surface area (Å²) in [6, 6.07) is 10.9. The van der Waals surface area contributed by atoms with Gasteiger partial charge in [-0.05, 0) is 24.3 Å². The predicted octanol–water partition coefficient (Wildman–Crippen LogP) is 1.99. The van der Waals surface area contributed by atoms with Crippen LogP contribution in [0, 0.1) is 5.92 Å². The van der Waals surface area contributed by atoms with Crippen LogP contribution in [0.3, 0.4) is 0 Å². The van der Waals surface area contributed by atoms with Crippen LogP contribution in [0.1, 0.15) is 24.7 Å². The third-order valence-electron chi connectivity index (χ3n) is 4.96. The number of rotatable bonds is 5. The molecule has 1 N–H and O–H groups in total. The highest BCUT2D eigenvalue weighted by molar-refractivity contribution is 5.73. The normalized spacial score (nSPS) is 21.0. The molecule has 2 aromatic rings. The van der Waals surface area contributed by atoms with Gasteiger partial charge in [0.15, 0.2) is 0 Å². The highest BCUT2D eigenvalue weighted by Gasteiger charge is 2.30. The van der Waals surface area contributed by atoms with Crippen LogP contribution in [0.25, 0.3) is 0 Å². The van der Waals surface area contributed by atoms with E-state index in [1.54, 1.807) is 6.92 Å². The summed E-state index contributed by atoms with van der Waals surface area (Å²) in [7, 11) is 2.02. The number of amides is 1. The van der Waals surface area contributed by atoms with Crippen molar-refractivity contribution in [3.63, 3.8) is 0 Å². The van der Waals surface area contributed by atoms with Crippen LogP contribution in [0.5, 0.6) is 0 Å². The molecule has 0 aliphatic carbocycles. The fourth-order valence-corrected chi connectivity index (χ4v) is 3.50. The first kappa shape index (κ1) is 16.7. The number of aryl methyl sites for hydroxylation is 1. The zero-order valence-electron chi connectivity index (χ0n) is 14.5. The zero-order chi connectivity index (χ0) is 16.9. The molecule has 1 aromatic heterocycles. The summed E-state index contributed by atoms with van der Waals surface area (Å²) >= 11 is 0. The van der Waals surface area contributed by atoms with E-state index in [9.17, 15) is 4.79 Å². The maximum Gasteiger partial charge on any atom is 0.219 e. The average molecular weight is 326 g/mol. The Labute approximate surface area is 143 Å². The minimum absolute atomic E-state index is 0.176. The van der Waals surface area contributed by atoms with Crippen LogP contribution in [0.15, 0.2) is 42.7 Å². The van der Waals surface area contributed by atoms with Gasteiger partial charge in [0.1, 0.15) is 5.82 Å². The van der Waals surface area contributed by atoms with Crippen molar-refractivity contribution in [2.45, 2.75) is 32.4 Å². The van der Waals surface area contributed by atoms with Crippen molar-refractivity contribution in [3.8, 4) is 0 Å². The molecule has 1 saturated heterocycles. The highest BCUT2D eigenvalue weighted by Crippen LogP contribution is 2.22. The first-order chi connectivity index (χ1) is 11.6. The Morgan fingerprint density at radius 3 is 2.79 bits per heavy atom. The van der Waals surface area contributed by atoms with Gasteiger partial charge in [-0.3, -0.25) is 4.79 Å². The molecule has 0 saturated carbocycles. The monoisotopic (exact) mass is 326 g/mol. The SMILES string of the molecule is CC(=O)N1CC[C@H](NCc2nccn2C)[C@H](Cc2ccccc2)C1. The average Bonchev–Trinajstić information content (AvgIpc) is 2.99. The summed E-state index contributed by atoms with van der Waals surface area (Å²) in [5.41, 5.74) is 1.33. The molecule has 1 aliphatic rings. The molecular formula is C19H26N4O. The Bertz CT molecular complexity index is 667. The summed E-state index contributed by atoms with van der Waals surface area (Å²) in [6.07, 6.45) is 5.78. The molecule has 0 unspecified atom stereocenters. The molecule has 2 heterocycles. The molecule has 5 nitrogen and oxygen atoms in total. The number of hydrogen-bond acceptors (Lipinski definition) is 3. The molecule has 5 heteroatoms. The molecule has 0 spiro atoms. The number of hydrogen-bond donors (Lipinski definition) is 1. The summed E-state index contributed by atoms with van der Waals surface area (Å²) in [5.74, 6) is 1.64. The van der Waals surface area contributed by atoms with Crippen LogP contribution in [-0.2, 0) is 24.8 Å². The van der Waals surface area contributed by atoms with Crippen LogP contribution in [0.4, 0.5) is 0 Å². The van der Waals surface area contributed by atoms with Gasteiger partial charge in [0.2, 0.25) is 5.91 Å². The number of aromatic nitrogens is 2. The van der Waals surface area contributed by atoms with Crippen molar-refractivity contribution >= 4 is 5.91 Å². The van der Waals surface area contributed by atoms with Crippen LogP contribution in [-0.4, -0.2) is 39.5 Å². The summed E-state index contributed by atoms with van der Waals surface area (Å²) in [4.78, 5) is 18.2. The van der Waals surface area contributed by atoms with Gasteiger partial charge >= 0.3 is 0 Å². The van der Waals surface area contributed by atoms with E-state index in [0.29, 0.717) is 12.0 Å². The molecule has 2 atom stereocenters. The summed E-state index contributed by atoms with van der Waals surface area (Å²) in [5, 5.41) is 3.67. The number of carbonyl (C=O) groups is 1. The van der Waals surface area contributed by atoms with Gasteiger partial charge in [0.25, 0.3) is 0 Å². The maximum atomic E-state index is 11.8. The lowest BCUT2D eigenvalue weighted by Gasteiger charge is -2.39. The van der Waals surface area contributed by atoms with E-state index in [1.807, 2.05) is 35.0 Å². The van der Waals surface area contributed by atoms with Crippen molar-refractivity contribution in [2.75, 3.05) is 13.1 Å². The fraction of sp³-hybridized carbons (Fsp3) is 0.474. The lowest BCUT2D eigenvalue weighted by Crippen LogP contribution is -2.51. The number of piperidine rings is 1. The topological polar surface area (TPSA) is 50.2 Å². The molecule has 3 rings (SSSR count). The smallest absolute Gasteiger partial charge is 0.219 e. The minimum atomic E-state index is 0.176. The molecule has 128 valence electrons. The van der Waals surface area contributed by atoms with Crippen LogP contribution >= 0.6 is 0 Å². The Hall–Kier alpha value is -2.14. The lowest BCUT2D eigenvalue weighted by molar-refractivity contribution is -0.131. The summed E-state index contributed by atoms with van der Waals surface area (Å²) in [6.45, 7) is 4.09. The van der Waals surface area contributed by atoms with E-state index in [0.717, 1.165) is 38.3 Å². The number of likely N-dealkylation sites (tertiary alicyclic amines) is 1. The van der Waals surface area contributed by atoms with Crippen molar-refractivity contribution < 1.29 is 4.79 Å². The molecule has 0 radical (unpaired) electrons. The molecule has 1 aromatic carbocycles. The van der Waals surface area contributed by atoms with E-state index in [4.69, 9.17) is 0 Å². The lowest BCUT2D eigenvalue weighted by atomic mass is 9.86. The third-order valence-corrected chi connectivity index (χ3v) is 4.96. The third kappa shape index (κ3) is 4.03. The standard InChI is InChI=1S/C19H26N4O/c1-15(24)23-10-8-18(21-13-19-20-9-11-22(19)2)17(14-23)12-16-6-4-3-5-7-16/h3-7,9,11,17-18,21H,8,10,12-14H2,1-2H3/t17-,18+/m1/s1. The van der Waals surface area contributed by atoms with Gasteiger partial charge in [0, 0.05) is 45.5 Å². The minimum Gasteiger partial charge on any atom is -0.343 e. The molecule has 24 heavy (non-hydrogen) atoms. The van der Waals surface area contributed by atoms with E-state index < -0.39 is 0 Å². The van der Waals surface area contributed by atoms with E-state index in [-0.39, 0.29) is 5.91 Å². The number of imidazole rings is 1. The Morgan fingerprint density at radius 2 is 2.12 bits per heavy atom. The molecule has 1 aliphatic heterocycles. The zero-order valence-corrected chi connectivity index (χ0v) is 14.5. The van der Waals surface area contributed by atoms with Crippen LogP contribution in [0.2, 0.25) is 0 Å². The van der Waals surface area contributed by atoms with Gasteiger partial charge in [0.05, 0.1) is 6.54 Å². The second kappa shape index (κ2) is 7.62. The first-order valence-corrected chi connectivity index (χ1v) is 8.62. The number of benzene rings is 1. The fourth-order valence-electron chi connectivity index (χ4n) is 3.50. The Balaban J connectivity index is 1.67. The number of nitrogens with zero attached hydrogens (tertiary/aromatic N) is 3. The molecular weight excluding hydrogens is 300 g/mol. The second-order valence-corrected chi connectivity index (χ2v) is 6.65. The Morgan fingerprint density at radius 1 is 1.33 bits per heavy atom. The van der Waals surface area contributed by atoms with Crippen molar-refractivity contribution in [1.82, 2.24) is 19.8 Å². The van der Waals surface area contributed by atoms with Gasteiger partial charge in [-0.25, -0.2) is 4.98 Å². The highest BCUT2D eigenvalue weighted by atomic mass is 16.2. The van der Waals surface area contributed by atoms with Gasteiger partial charge in [-0.1, -0.05) is 30.3 Å². The van der Waals surface area contributed by atoms with E-state index >= 15 is 0 Å². The number of nitrogens with one attached hydrogen (secondary N) is 1. The maximum absolute atomic E-state index is 11.8. The number of carbonyl (C=O) groups excluding carboxylic acids is 1. The predicted molar refractivity (Wildman–Crippen MR) is 94.3 cm³/mol. The largest absolute Gasteiger partial charge is 0.343 e. The first-order valence-electron chi connectivity index (χ1n) is 8.62. The van der Waals surface area contributed by atoms with Gasteiger partial charge in [-0.2, -0.15) is 0 Å². The van der Waals surface area contributed by atoms with Gasteiger partial charge < -0.3 is 14.8 Å². The van der Waals surface area contributed by atoms with E-state index in [2.05, 4.69) is 34.6 Å². The summed E-state index contributed by atoms with van der Waals surface area (Å²) < 4.78 is 2.05. The van der Waals surface area contributed by atoms with E-state index in [1.165, 1.54) is 5.56 Å². The van der Waals surface area contributed by atoms with Crippen molar-refractivity contribution in [1.29, 1.82) is 0 Å². The van der Waals surface area contributed by atoms with Crippen LogP contribution < -0.4 is 5.32 Å². The van der Waals surface area contributed by atoms with Gasteiger partial charge in [-0.15, -0.1) is 0 Å². The second-order valence-electron chi connectivity index (χ2n) is 6.65. The molecule has 1 amide bonds. The van der Waals surface area contributed by atoms with Crippen molar-refractivity contribution in [2.24, 2.45) is 13.0 Å². The molecule has 0 bridgehead atoms. The van der Waals surface area contributed by atoms with Crippen molar-refractivity contribution in [3.05, 3.63) is 54.1 Å². The quantitative estimate of drug-likeness (QED) is 0.914. The Kier molecular flexibility index (Phi) is 5.30. The molecule has 1 fully saturated rings.